The molecule has 2 heteroatoms. The van der Waals surface area contributed by atoms with E-state index in [1.54, 1.807) is 0 Å². The highest BCUT2D eigenvalue weighted by Crippen LogP contribution is 2.21. The molecule has 2 nitrogen and oxygen atoms in total. The van der Waals surface area contributed by atoms with Crippen molar-refractivity contribution in [1.29, 1.82) is 0 Å². The molecule has 0 aromatic carbocycles. The molecule has 0 aromatic rings. The van der Waals surface area contributed by atoms with Crippen molar-refractivity contribution in [3.05, 3.63) is 0 Å². The molecular weight excluding hydrogens is 222 g/mol. The van der Waals surface area contributed by atoms with Crippen LogP contribution in [0.15, 0.2) is 0 Å². The molecule has 1 aliphatic rings. The summed E-state index contributed by atoms with van der Waals surface area (Å²) in [5, 5.41) is 0. The number of amides is 1. The van der Waals surface area contributed by atoms with E-state index in [4.69, 9.17) is 0 Å². The third-order valence-electron chi connectivity index (χ3n) is 4.16. The fourth-order valence-electron chi connectivity index (χ4n) is 2.95. The van der Waals surface area contributed by atoms with E-state index in [-0.39, 0.29) is 0 Å². The van der Waals surface area contributed by atoms with Gasteiger partial charge >= 0.3 is 0 Å². The topological polar surface area (TPSA) is 20.3 Å². The predicted octanol–water partition coefficient (Wildman–Crippen LogP) is 4.53. The van der Waals surface area contributed by atoms with Gasteiger partial charge in [-0.25, -0.2) is 0 Å². The lowest BCUT2D eigenvalue weighted by Gasteiger charge is -2.35. The number of carbonyl (C=O) groups excluding carboxylic acids is 1. The van der Waals surface area contributed by atoms with Crippen molar-refractivity contribution < 1.29 is 4.79 Å². The first kappa shape index (κ1) is 15.5. The molecule has 0 unspecified atom stereocenters. The Morgan fingerprint density at radius 1 is 1.06 bits per heavy atom. The Labute approximate surface area is 113 Å². The van der Waals surface area contributed by atoms with E-state index in [0.717, 1.165) is 25.8 Å². The van der Waals surface area contributed by atoms with Crippen LogP contribution in [0, 0.1) is 0 Å². The smallest absolute Gasteiger partial charge is 0.222 e. The van der Waals surface area contributed by atoms with Crippen molar-refractivity contribution >= 4 is 5.91 Å². The van der Waals surface area contributed by atoms with Gasteiger partial charge in [0, 0.05) is 19.0 Å². The third kappa shape index (κ3) is 5.41. The number of carbonyl (C=O) groups is 1. The molecule has 1 heterocycles. The number of hydrogen-bond acceptors (Lipinski definition) is 1. The molecule has 0 saturated carbocycles. The van der Waals surface area contributed by atoms with E-state index in [9.17, 15) is 4.79 Å². The highest BCUT2D eigenvalue weighted by atomic mass is 16.2. The van der Waals surface area contributed by atoms with Crippen molar-refractivity contribution in [1.82, 2.24) is 4.90 Å². The molecule has 0 spiro atoms. The summed E-state index contributed by atoms with van der Waals surface area (Å²) >= 11 is 0. The Balaban J connectivity index is 2.14. The molecule has 0 bridgehead atoms. The van der Waals surface area contributed by atoms with Crippen LogP contribution >= 0.6 is 0 Å². The van der Waals surface area contributed by atoms with Gasteiger partial charge in [0.15, 0.2) is 0 Å². The quantitative estimate of drug-likeness (QED) is 0.582. The highest BCUT2D eigenvalue weighted by molar-refractivity contribution is 5.76. The van der Waals surface area contributed by atoms with Gasteiger partial charge in [-0.1, -0.05) is 46.0 Å². The van der Waals surface area contributed by atoms with Crippen molar-refractivity contribution in [2.24, 2.45) is 0 Å². The zero-order valence-electron chi connectivity index (χ0n) is 12.4. The van der Waals surface area contributed by atoms with E-state index in [2.05, 4.69) is 18.7 Å². The van der Waals surface area contributed by atoms with Crippen molar-refractivity contribution in [3.63, 3.8) is 0 Å². The maximum absolute atomic E-state index is 12.2. The summed E-state index contributed by atoms with van der Waals surface area (Å²) in [5.41, 5.74) is 0. The first-order valence-corrected chi connectivity index (χ1v) is 8.09. The zero-order chi connectivity index (χ0) is 13.2. The number of piperidine rings is 1. The van der Waals surface area contributed by atoms with E-state index < -0.39 is 0 Å². The second-order valence-electron chi connectivity index (χ2n) is 5.66. The molecular formula is C16H31NO. The van der Waals surface area contributed by atoms with Gasteiger partial charge in [-0.05, 0) is 32.1 Å². The van der Waals surface area contributed by atoms with Crippen LogP contribution in [-0.4, -0.2) is 23.4 Å². The number of unbranched alkanes of at least 4 members (excludes halogenated alkanes) is 5. The van der Waals surface area contributed by atoms with E-state index in [0.29, 0.717) is 11.9 Å². The first-order valence-electron chi connectivity index (χ1n) is 8.09. The van der Waals surface area contributed by atoms with E-state index in [1.165, 1.54) is 51.4 Å². The normalized spacial score (nSPS) is 20.1. The fraction of sp³-hybridized carbons (Fsp3) is 0.938. The minimum atomic E-state index is 0.414. The Bertz CT molecular complexity index is 227. The molecule has 1 amide bonds. The summed E-state index contributed by atoms with van der Waals surface area (Å²) in [6.45, 7) is 5.46. The van der Waals surface area contributed by atoms with Gasteiger partial charge in [-0.3, -0.25) is 4.79 Å². The molecule has 1 rings (SSSR count). The van der Waals surface area contributed by atoms with Crippen LogP contribution in [-0.2, 0) is 4.79 Å². The zero-order valence-corrected chi connectivity index (χ0v) is 12.4. The lowest BCUT2D eigenvalue weighted by atomic mass is 9.99. The summed E-state index contributed by atoms with van der Waals surface area (Å²) in [4.78, 5) is 14.3. The summed E-state index contributed by atoms with van der Waals surface area (Å²) in [6.07, 6.45) is 13.3. The summed E-state index contributed by atoms with van der Waals surface area (Å²) in [6, 6.07) is 0.534. The molecule has 1 fully saturated rings. The number of hydrogen-bond donors (Lipinski definition) is 0. The predicted molar refractivity (Wildman–Crippen MR) is 77.6 cm³/mol. The molecule has 1 atom stereocenters. The van der Waals surface area contributed by atoms with Crippen LogP contribution in [0.2, 0.25) is 0 Å². The molecule has 0 aromatic heterocycles. The number of nitrogens with zero attached hydrogens (tertiary/aromatic N) is 1. The molecule has 0 N–H and O–H groups in total. The molecule has 0 radical (unpaired) electrons. The average molecular weight is 253 g/mol. The SMILES string of the molecule is CCCCCCCCC(=O)N1CCCC[C@H]1CC. The molecule has 0 aliphatic carbocycles. The van der Waals surface area contributed by atoms with Crippen LogP contribution < -0.4 is 0 Å². The van der Waals surface area contributed by atoms with Crippen LogP contribution in [0.4, 0.5) is 0 Å². The van der Waals surface area contributed by atoms with E-state index in [1.807, 2.05) is 0 Å². The van der Waals surface area contributed by atoms with Crippen LogP contribution in [0.5, 0.6) is 0 Å². The summed E-state index contributed by atoms with van der Waals surface area (Å²) in [5.74, 6) is 0.414. The summed E-state index contributed by atoms with van der Waals surface area (Å²) < 4.78 is 0. The van der Waals surface area contributed by atoms with Crippen LogP contribution in [0.1, 0.15) is 84.5 Å². The maximum atomic E-state index is 12.2. The highest BCUT2D eigenvalue weighted by Gasteiger charge is 2.24. The molecule has 1 saturated heterocycles. The second-order valence-corrected chi connectivity index (χ2v) is 5.66. The van der Waals surface area contributed by atoms with Gasteiger partial charge in [0.05, 0.1) is 0 Å². The van der Waals surface area contributed by atoms with Gasteiger partial charge in [-0.2, -0.15) is 0 Å². The molecule has 1 aliphatic heterocycles. The van der Waals surface area contributed by atoms with Gasteiger partial charge in [-0.15, -0.1) is 0 Å². The number of likely N-dealkylation sites (tertiary alicyclic amines) is 1. The minimum Gasteiger partial charge on any atom is -0.340 e. The Kier molecular flexibility index (Phi) is 8.11. The van der Waals surface area contributed by atoms with Gasteiger partial charge in [0.25, 0.3) is 0 Å². The lowest BCUT2D eigenvalue weighted by Crippen LogP contribution is -2.43. The van der Waals surface area contributed by atoms with Crippen LogP contribution in [0.25, 0.3) is 0 Å². The van der Waals surface area contributed by atoms with Crippen molar-refractivity contribution in [2.75, 3.05) is 6.54 Å². The van der Waals surface area contributed by atoms with Crippen LogP contribution in [0.3, 0.4) is 0 Å². The van der Waals surface area contributed by atoms with Gasteiger partial charge < -0.3 is 4.90 Å². The van der Waals surface area contributed by atoms with Gasteiger partial charge in [0.2, 0.25) is 5.91 Å². The van der Waals surface area contributed by atoms with Crippen molar-refractivity contribution in [2.45, 2.75) is 90.5 Å². The average Bonchev–Trinajstić information content (AvgIpc) is 2.42. The Hall–Kier alpha value is -0.530. The summed E-state index contributed by atoms with van der Waals surface area (Å²) in [7, 11) is 0. The molecule has 106 valence electrons. The number of rotatable bonds is 8. The standard InChI is InChI=1S/C16H31NO/c1-3-5-6-7-8-9-13-16(18)17-14-11-10-12-15(17)4-2/h15H,3-14H2,1-2H3/t15-/m1/s1. The fourth-order valence-corrected chi connectivity index (χ4v) is 2.95. The largest absolute Gasteiger partial charge is 0.340 e. The minimum absolute atomic E-state index is 0.414. The molecule has 18 heavy (non-hydrogen) atoms. The first-order chi connectivity index (χ1) is 8.79. The Morgan fingerprint density at radius 2 is 1.78 bits per heavy atom. The van der Waals surface area contributed by atoms with Gasteiger partial charge in [0.1, 0.15) is 0 Å². The second kappa shape index (κ2) is 9.41. The monoisotopic (exact) mass is 253 g/mol. The third-order valence-corrected chi connectivity index (χ3v) is 4.16. The van der Waals surface area contributed by atoms with Crippen molar-refractivity contribution in [3.8, 4) is 0 Å². The van der Waals surface area contributed by atoms with E-state index >= 15 is 0 Å². The Morgan fingerprint density at radius 3 is 2.50 bits per heavy atom. The lowest BCUT2D eigenvalue weighted by molar-refractivity contribution is -0.135. The maximum Gasteiger partial charge on any atom is 0.222 e.